The van der Waals surface area contributed by atoms with Crippen molar-refractivity contribution in [2.75, 3.05) is 5.32 Å². The SMILES string of the molecule is O=C(Cn1c(COc2ccccc2)nc2ccccc21)Nc1ccccc1I. The van der Waals surface area contributed by atoms with E-state index in [1.807, 2.05) is 83.4 Å². The largest absolute Gasteiger partial charge is 0.486 e. The molecule has 5 nitrogen and oxygen atoms in total. The number of imidazole rings is 1. The highest BCUT2D eigenvalue weighted by atomic mass is 127. The van der Waals surface area contributed by atoms with E-state index in [4.69, 9.17) is 4.74 Å². The number of rotatable bonds is 6. The molecule has 0 saturated heterocycles. The second-order valence-electron chi connectivity index (χ2n) is 6.23. The second kappa shape index (κ2) is 8.43. The standard InChI is InChI=1S/C22H18IN3O2/c23-17-10-4-5-11-18(17)25-22(27)14-26-20-13-7-6-12-19(20)24-21(26)15-28-16-8-2-1-3-9-16/h1-13H,14-15H2,(H,25,27). The van der Waals surface area contributed by atoms with Crippen LogP contribution in [0.3, 0.4) is 0 Å². The number of nitrogens with one attached hydrogen (secondary N) is 1. The Labute approximate surface area is 176 Å². The summed E-state index contributed by atoms with van der Waals surface area (Å²) in [5.74, 6) is 1.38. The molecule has 4 aromatic rings. The predicted octanol–water partition coefficient (Wildman–Crippen LogP) is 4.86. The lowest BCUT2D eigenvalue weighted by Gasteiger charge is -2.12. The third-order valence-electron chi connectivity index (χ3n) is 4.29. The van der Waals surface area contributed by atoms with Crippen LogP contribution in [-0.2, 0) is 17.9 Å². The highest BCUT2D eigenvalue weighted by molar-refractivity contribution is 14.1. The Kier molecular flexibility index (Phi) is 5.57. The summed E-state index contributed by atoms with van der Waals surface area (Å²) in [5, 5.41) is 2.98. The number of anilines is 1. The van der Waals surface area contributed by atoms with Crippen LogP contribution in [0.1, 0.15) is 5.82 Å². The molecular formula is C22H18IN3O2. The Bertz CT molecular complexity index is 1110. The van der Waals surface area contributed by atoms with Gasteiger partial charge in [0.25, 0.3) is 0 Å². The van der Waals surface area contributed by atoms with E-state index in [-0.39, 0.29) is 19.1 Å². The first-order valence-corrected chi connectivity index (χ1v) is 9.95. The number of amides is 1. The summed E-state index contributed by atoms with van der Waals surface area (Å²) in [6.07, 6.45) is 0. The Morgan fingerprint density at radius 3 is 2.50 bits per heavy atom. The van der Waals surface area contributed by atoms with Crippen molar-refractivity contribution in [3.8, 4) is 5.75 Å². The molecule has 0 aliphatic heterocycles. The summed E-state index contributed by atoms with van der Waals surface area (Å²) >= 11 is 2.21. The molecule has 0 atom stereocenters. The summed E-state index contributed by atoms with van der Waals surface area (Å²) in [4.78, 5) is 17.4. The number of aromatic nitrogens is 2. The molecular weight excluding hydrogens is 465 g/mol. The molecule has 1 amide bonds. The predicted molar refractivity (Wildman–Crippen MR) is 118 cm³/mol. The number of fused-ring (bicyclic) bond motifs is 1. The van der Waals surface area contributed by atoms with E-state index in [0.717, 1.165) is 26.0 Å². The molecule has 140 valence electrons. The minimum absolute atomic E-state index is 0.103. The smallest absolute Gasteiger partial charge is 0.244 e. The molecule has 0 aliphatic rings. The number of carbonyl (C=O) groups excluding carboxylic acids is 1. The summed E-state index contributed by atoms with van der Waals surface area (Å²) in [6.45, 7) is 0.452. The van der Waals surface area contributed by atoms with Crippen molar-refractivity contribution in [3.05, 3.63) is 88.3 Å². The van der Waals surface area contributed by atoms with Crippen molar-refractivity contribution >= 4 is 45.2 Å². The Morgan fingerprint density at radius 1 is 0.964 bits per heavy atom. The lowest BCUT2D eigenvalue weighted by molar-refractivity contribution is -0.116. The van der Waals surface area contributed by atoms with Crippen LogP contribution in [0.25, 0.3) is 11.0 Å². The lowest BCUT2D eigenvalue weighted by atomic mass is 10.3. The molecule has 0 bridgehead atoms. The molecule has 0 spiro atoms. The average Bonchev–Trinajstić information content (AvgIpc) is 3.06. The van der Waals surface area contributed by atoms with Gasteiger partial charge < -0.3 is 14.6 Å². The molecule has 0 fully saturated rings. The van der Waals surface area contributed by atoms with Crippen molar-refractivity contribution < 1.29 is 9.53 Å². The molecule has 3 aromatic carbocycles. The number of hydrogen-bond donors (Lipinski definition) is 1. The highest BCUT2D eigenvalue weighted by Crippen LogP contribution is 2.20. The van der Waals surface area contributed by atoms with Crippen molar-refractivity contribution in [2.45, 2.75) is 13.2 Å². The number of halogens is 1. The van der Waals surface area contributed by atoms with Crippen LogP contribution in [-0.4, -0.2) is 15.5 Å². The van der Waals surface area contributed by atoms with Crippen molar-refractivity contribution in [1.82, 2.24) is 9.55 Å². The van der Waals surface area contributed by atoms with Crippen LogP contribution in [0, 0.1) is 3.57 Å². The molecule has 28 heavy (non-hydrogen) atoms. The molecule has 0 radical (unpaired) electrons. The highest BCUT2D eigenvalue weighted by Gasteiger charge is 2.15. The molecule has 0 aliphatic carbocycles. The van der Waals surface area contributed by atoms with E-state index in [9.17, 15) is 4.79 Å². The zero-order valence-electron chi connectivity index (χ0n) is 15.0. The van der Waals surface area contributed by atoms with Crippen LogP contribution in [0.4, 0.5) is 5.69 Å². The van der Waals surface area contributed by atoms with E-state index in [0.29, 0.717) is 5.82 Å². The third kappa shape index (κ3) is 4.17. The fourth-order valence-corrected chi connectivity index (χ4v) is 3.49. The zero-order chi connectivity index (χ0) is 19.3. The minimum Gasteiger partial charge on any atom is -0.486 e. The normalized spacial score (nSPS) is 10.8. The van der Waals surface area contributed by atoms with Gasteiger partial charge in [0.1, 0.15) is 24.7 Å². The van der Waals surface area contributed by atoms with Crippen molar-refractivity contribution in [2.24, 2.45) is 0 Å². The fourth-order valence-electron chi connectivity index (χ4n) is 2.97. The van der Waals surface area contributed by atoms with Gasteiger partial charge in [-0.15, -0.1) is 0 Å². The Balaban J connectivity index is 1.58. The molecule has 1 aromatic heterocycles. The topological polar surface area (TPSA) is 56.2 Å². The average molecular weight is 483 g/mol. The zero-order valence-corrected chi connectivity index (χ0v) is 17.2. The van der Waals surface area contributed by atoms with Gasteiger partial charge in [0.2, 0.25) is 5.91 Å². The van der Waals surface area contributed by atoms with E-state index < -0.39 is 0 Å². The van der Waals surface area contributed by atoms with Gasteiger partial charge in [-0.3, -0.25) is 4.79 Å². The van der Waals surface area contributed by atoms with Gasteiger partial charge in [-0.2, -0.15) is 0 Å². The van der Waals surface area contributed by atoms with Crippen LogP contribution in [0.15, 0.2) is 78.9 Å². The van der Waals surface area contributed by atoms with Gasteiger partial charge in [0, 0.05) is 3.57 Å². The Morgan fingerprint density at radius 2 is 1.68 bits per heavy atom. The number of carbonyl (C=O) groups is 1. The van der Waals surface area contributed by atoms with Crippen LogP contribution in [0.5, 0.6) is 5.75 Å². The molecule has 1 N–H and O–H groups in total. The molecule has 0 unspecified atom stereocenters. The number of hydrogen-bond acceptors (Lipinski definition) is 3. The van der Waals surface area contributed by atoms with Crippen molar-refractivity contribution in [3.63, 3.8) is 0 Å². The maximum absolute atomic E-state index is 12.7. The number of benzene rings is 3. The number of para-hydroxylation sites is 4. The van der Waals surface area contributed by atoms with Crippen LogP contribution >= 0.6 is 22.6 Å². The molecule has 0 saturated carbocycles. The summed E-state index contributed by atoms with van der Waals surface area (Å²) in [6, 6.07) is 25.1. The van der Waals surface area contributed by atoms with E-state index in [1.54, 1.807) is 0 Å². The quantitative estimate of drug-likeness (QED) is 0.399. The van der Waals surface area contributed by atoms with Gasteiger partial charge >= 0.3 is 0 Å². The van der Waals surface area contributed by atoms with Crippen LogP contribution in [0.2, 0.25) is 0 Å². The van der Waals surface area contributed by atoms with E-state index in [1.165, 1.54) is 0 Å². The van der Waals surface area contributed by atoms with E-state index in [2.05, 4.69) is 32.9 Å². The monoisotopic (exact) mass is 483 g/mol. The van der Waals surface area contributed by atoms with Gasteiger partial charge in [0.15, 0.2) is 0 Å². The van der Waals surface area contributed by atoms with Gasteiger partial charge in [0.05, 0.1) is 16.7 Å². The first-order chi connectivity index (χ1) is 13.7. The third-order valence-corrected chi connectivity index (χ3v) is 5.24. The first kappa shape index (κ1) is 18.5. The first-order valence-electron chi connectivity index (χ1n) is 8.87. The molecule has 1 heterocycles. The molecule has 4 rings (SSSR count). The maximum atomic E-state index is 12.7. The van der Waals surface area contributed by atoms with Gasteiger partial charge in [-0.1, -0.05) is 42.5 Å². The van der Waals surface area contributed by atoms with Gasteiger partial charge in [-0.25, -0.2) is 4.98 Å². The Hall–Kier alpha value is -2.87. The van der Waals surface area contributed by atoms with E-state index >= 15 is 0 Å². The lowest BCUT2D eigenvalue weighted by Crippen LogP contribution is -2.21. The summed E-state index contributed by atoms with van der Waals surface area (Å²) in [5.41, 5.74) is 2.56. The minimum atomic E-state index is -0.103. The summed E-state index contributed by atoms with van der Waals surface area (Å²) in [7, 11) is 0. The maximum Gasteiger partial charge on any atom is 0.244 e. The van der Waals surface area contributed by atoms with Gasteiger partial charge in [-0.05, 0) is 59.0 Å². The fraction of sp³-hybridized carbons (Fsp3) is 0.0909. The second-order valence-corrected chi connectivity index (χ2v) is 7.39. The van der Waals surface area contributed by atoms with Crippen molar-refractivity contribution in [1.29, 1.82) is 0 Å². The molecule has 6 heteroatoms. The number of ether oxygens (including phenoxy) is 1. The van der Waals surface area contributed by atoms with Crippen LogP contribution < -0.4 is 10.1 Å². The summed E-state index contributed by atoms with van der Waals surface area (Å²) < 4.78 is 8.77. The number of nitrogens with zero attached hydrogens (tertiary/aromatic N) is 2.